The van der Waals surface area contributed by atoms with Gasteiger partial charge in [-0.3, -0.25) is 4.98 Å². The summed E-state index contributed by atoms with van der Waals surface area (Å²) in [6.45, 7) is 2.29. The fourth-order valence-electron chi connectivity index (χ4n) is 3.55. The average molecular weight is 380 g/mol. The first-order chi connectivity index (χ1) is 13.8. The minimum atomic E-state index is 0.232. The molecule has 28 heavy (non-hydrogen) atoms. The Bertz CT molecular complexity index is 928. The SMILES string of the molecule is COc1cc2cnnc(N3CCC(OCc4ccccn4)CC3)c2cc1OC. The Morgan fingerprint density at radius 2 is 1.86 bits per heavy atom. The van der Waals surface area contributed by atoms with Gasteiger partial charge in [0, 0.05) is 30.1 Å². The molecule has 0 bridgehead atoms. The van der Waals surface area contributed by atoms with Gasteiger partial charge in [-0.05, 0) is 37.1 Å². The molecule has 0 unspecified atom stereocenters. The van der Waals surface area contributed by atoms with E-state index in [-0.39, 0.29) is 6.10 Å². The molecule has 1 fully saturated rings. The van der Waals surface area contributed by atoms with Crippen LogP contribution in [0, 0.1) is 0 Å². The molecular weight excluding hydrogens is 356 g/mol. The van der Waals surface area contributed by atoms with E-state index in [1.807, 2.05) is 30.3 Å². The summed E-state index contributed by atoms with van der Waals surface area (Å²) in [4.78, 5) is 6.58. The summed E-state index contributed by atoms with van der Waals surface area (Å²) in [5.41, 5.74) is 0.964. The average Bonchev–Trinajstić information content (AvgIpc) is 2.77. The zero-order valence-corrected chi connectivity index (χ0v) is 16.2. The van der Waals surface area contributed by atoms with E-state index in [4.69, 9.17) is 14.2 Å². The number of ether oxygens (including phenoxy) is 3. The molecule has 1 aliphatic rings. The number of piperidine rings is 1. The normalized spacial score (nSPS) is 15.0. The molecule has 0 atom stereocenters. The molecule has 4 rings (SSSR count). The monoisotopic (exact) mass is 380 g/mol. The molecule has 0 spiro atoms. The van der Waals surface area contributed by atoms with Crippen LogP contribution >= 0.6 is 0 Å². The van der Waals surface area contributed by atoms with Gasteiger partial charge in [-0.1, -0.05) is 6.07 Å². The van der Waals surface area contributed by atoms with Gasteiger partial charge in [0.25, 0.3) is 0 Å². The highest BCUT2D eigenvalue weighted by Gasteiger charge is 2.23. The number of pyridine rings is 1. The fraction of sp³-hybridized carbons (Fsp3) is 0.381. The lowest BCUT2D eigenvalue weighted by Crippen LogP contribution is -2.37. The Morgan fingerprint density at radius 1 is 1.07 bits per heavy atom. The maximum Gasteiger partial charge on any atom is 0.161 e. The van der Waals surface area contributed by atoms with Gasteiger partial charge in [0.2, 0.25) is 0 Å². The maximum absolute atomic E-state index is 6.05. The van der Waals surface area contributed by atoms with Gasteiger partial charge in [0.15, 0.2) is 17.3 Å². The molecule has 7 heteroatoms. The first-order valence-corrected chi connectivity index (χ1v) is 9.42. The number of hydrogen-bond acceptors (Lipinski definition) is 7. The number of aromatic nitrogens is 3. The quantitative estimate of drug-likeness (QED) is 0.650. The highest BCUT2D eigenvalue weighted by atomic mass is 16.5. The van der Waals surface area contributed by atoms with Crippen LogP contribution in [-0.4, -0.2) is 48.6 Å². The second-order valence-corrected chi connectivity index (χ2v) is 6.78. The van der Waals surface area contributed by atoms with E-state index in [1.54, 1.807) is 26.6 Å². The van der Waals surface area contributed by atoms with Gasteiger partial charge in [-0.2, -0.15) is 5.10 Å². The van der Waals surface area contributed by atoms with Crippen molar-refractivity contribution in [3.8, 4) is 11.5 Å². The van der Waals surface area contributed by atoms with Gasteiger partial charge in [-0.25, -0.2) is 0 Å². The van der Waals surface area contributed by atoms with Crippen LogP contribution in [0.25, 0.3) is 10.8 Å². The lowest BCUT2D eigenvalue weighted by atomic mass is 10.1. The summed E-state index contributed by atoms with van der Waals surface area (Å²) in [7, 11) is 3.28. The highest BCUT2D eigenvalue weighted by molar-refractivity contribution is 5.94. The van der Waals surface area contributed by atoms with Crippen LogP contribution in [0.3, 0.4) is 0 Å². The summed E-state index contributed by atoms with van der Waals surface area (Å²) in [6, 6.07) is 9.80. The Morgan fingerprint density at radius 3 is 2.57 bits per heavy atom. The largest absolute Gasteiger partial charge is 0.493 e. The van der Waals surface area contributed by atoms with Crippen LogP contribution in [0.4, 0.5) is 5.82 Å². The summed E-state index contributed by atoms with van der Waals surface area (Å²) < 4.78 is 16.9. The van der Waals surface area contributed by atoms with Crippen LogP contribution in [0.2, 0.25) is 0 Å². The molecule has 0 aliphatic carbocycles. The van der Waals surface area contributed by atoms with E-state index < -0.39 is 0 Å². The van der Waals surface area contributed by atoms with Crippen molar-refractivity contribution in [2.75, 3.05) is 32.2 Å². The van der Waals surface area contributed by atoms with Crippen molar-refractivity contribution in [2.45, 2.75) is 25.6 Å². The summed E-state index contributed by atoms with van der Waals surface area (Å²) in [5.74, 6) is 2.26. The molecule has 1 aromatic carbocycles. The smallest absolute Gasteiger partial charge is 0.161 e. The van der Waals surface area contributed by atoms with Crippen molar-refractivity contribution < 1.29 is 14.2 Å². The minimum Gasteiger partial charge on any atom is -0.493 e. The van der Waals surface area contributed by atoms with E-state index in [0.717, 1.165) is 48.2 Å². The molecule has 7 nitrogen and oxygen atoms in total. The van der Waals surface area contributed by atoms with E-state index in [9.17, 15) is 0 Å². The third-order valence-electron chi connectivity index (χ3n) is 5.08. The van der Waals surface area contributed by atoms with Crippen LogP contribution in [0.15, 0.2) is 42.7 Å². The van der Waals surface area contributed by atoms with Crippen LogP contribution in [0.1, 0.15) is 18.5 Å². The number of anilines is 1. The molecule has 2 aromatic heterocycles. The summed E-state index contributed by atoms with van der Waals surface area (Å²) >= 11 is 0. The molecule has 0 radical (unpaired) electrons. The molecule has 0 saturated carbocycles. The predicted octanol–water partition coefficient (Wildman–Crippen LogP) is 3.23. The topological polar surface area (TPSA) is 69.6 Å². The highest BCUT2D eigenvalue weighted by Crippen LogP contribution is 2.35. The first kappa shape index (κ1) is 18.4. The Kier molecular flexibility index (Phi) is 5.53. The second kappa shape index (κ2) is 8.39. The molecule has 3 heterocycles. The van der Waals surface area contributed by atoms with Crippen LogP contribution in [-0.2, 0) is 11.3 Å². The zero-order chi connectivity index (χ0) is 19.3. The number of fused-ring (bicyclic) bond motifs is 1. The fourth-order valence-corrected chi connectivity index (χ4v) is 3.55. The first-order valence-electron chi connectivity index (χ1n) is 9.42. The van der Waals surface area contributed by atoms with Crippen molar-refractivity contribution in [3.63, 3.8) is 0 Å². The number of rotatable bonds is 6. The third-order valence-corrected chi connectivity index (χ3v) is 5.08. The third kappa shape index (κ3) is 3.84. The number of benzene rings is 1. The van der Waals surface area contributed by atoms with Crippen molar-refractivity contribution in [1.82, 2.24) is 15.2 Å². The van der Waals surface area contributed by atoms with E-state index in [2.05, 4.69) is 20.1 Å². The molecule has 1 saturated heterocycles. The number of hydrogen-bond donors (Lipinski definition) is 0. The summed E-state index contributed by atoms with van der Waals surface area (Å²) in [5, 5.41) is 10.6. The van der Waals surface area contributed by atoms with Gasteiger partial charge in [0.1, 0.15) is 0 Å². The molecule has 0 N–H and O–H groups in total. The number of methoxy groups -OCH3 is 2. The standard InChI is InChI=1S/C21H24N4O3/c1-26-19-11-15-13-23-24-21(18(15)12-20(19)27-2)25-9-6-17(7-10-25)28-14-16-5-3-4-8-22-16/h3-5,8,11-13,17H,6-7,9-10,14H2,1-2H3. The van der Waals surface area contributed by atoms with Gasteiger partial charge >= 0.3 is 0 Å². The lowest BCUT2D eigenvalue weighted by Gasteiger charge is -2.33. The van der Waals surface area contributed by atoms with Gasteiger partial charge in [0.05, 0.1) is 38.8 Å². The second-order valence-electron chi connectivity index (χ2n) is 6.78. The van der Waals surface area contributed by atoms with Gasteiger partial charge < -0.3 is 19.1 Å². The van der Waals surface area contributed by atoms with Crippen molar-refractivity contribution in [1.29, 1.82) is 0 Å². The maximum atomic E-state index is 6.05. The Labute approximate surface area is 164 Å². The molecule has 1 aliphatic heterocycles. The zero-order valence-electron chi connectivity index (χ0n) is 16.2. The molecule has 146 valence electrons. The van der Waals surface area contributed by atoms with E-state index >= 15 is 0 Å². The van der Waals surface area contributed by atoms with E-state index in [1.165, 1.54) is 0 Å². The lowest BCUT2D eigenvalue weighted by molar-refractivity contribution is 0.0234. The Hall–Kier alpha value is -2.93. The molecular formula is C21H24N4O3. The van der Waals surface area contributed by atoms with Crippen molar-refractivity contribution in [2.24, 2.45) is 0 Å². The minimum absolute atomic E-state index is 0.232. The predicted molar refractivity (Wildman–Crippen MR) is 107 cm³/mol. The molecule has 3 aromatic rings. The van der Waals surface area contributed by atoms with Crippen molar-refractivity contribution >= 4 is 16.6 Å². The van der Waals surface area contributed by atoms with Gasteiger partial charge in [-0.15, -0.1) is 5.10 Å². The Balaban J connectivity index is 1.46. The molecule has 0 amide bonds. The summed E-state index contributed by atoms with van der Waals surface area (Å²) in [6.07, 6.45) is 5.67. The van der Waals surface area contributed by atoms with Crippen LogP contribution in [0.5, 0.6) is 11.5 Å². The number of nitrogens with zero attached hydrogens (tertiary/aromatic N) is 4. The van der Waals surface area contributed by atoms with E-state index in [0.29, 0.717) is 18.1 Å². The van der Waals surface area contributed by atoms with Crippen molar-refractivity contribution in [3.05, 3.63) is 48.4 Å². The van der Waals surface area contributed by atoms with Crippen LogP contribution < -0.4 is 14.4 Å².